The fourth-order valence-corrected chi connectivity index (χ4v) is 5.33. The molecule has 3 aromatic heterocycles. The zero-order valence-corrected chi connectivity index (χ0v) is 20.8. The van der Waals surface area contributed by atoms with Crippen molar-refractivity contribution in [2.45, 2.75) is 38.5 Å². The summed E-state index contributed by atoms with van der Waals surface area (Å²) in [5.41, 5.74) is 0.835. The largest absolute Gasteiger partial charge is 0.573 e. The average Bonchev–Trinajstić information content (AvgIpc) is 3.31. The quantitative estimate of drug-likeness (QED) is 0.475. The molecule has 0 radical (unpaired) electrons. The molecule has 0 unspecified atom stereocenters. The summed E-state index contributed by atoms with van der Waals surface area (Å²) >= 11 is 0. The summed E-state index contributed by atoms with van der Waals surface area (Å²) in [6, 6.07) is 7.70. The second kappa shape index (κ2) is 10.4. The molecule has 3 aromatic rings. The molecule has 2 fully saturated rings. The highest BCUT2D eigenvalue weighted by Gasteiger charge is 2.42. The number of hydrogen-bond donors (Lipinski definition) is 2. The number of halogens is 3. The zero-order chi connectivity index (χ0) is 26.8. The number of amides is 1. The van der Waals surface area contributed by atoms with Gasteiger partial charge in [-0.1, -0.05) is 0 Å². The monoisotopic (exact) mass is 527 g/mol. The molecule has 0 atom stereocenters. The van der Waals surface area contributed by atoms with E-state index >= 15 is 0 Å². The maximum atomic E-state index is 12.7. The molecule has 1 spiro atoms. The lowest BCUT2D eigenvalue weighted by Gasteiger charge is -2.36. The summed E-state index contributed by atoms with van der Waals surface area (Å²) in [5, 5.41) is 5.76. The van der Waals surface area contributed by atoms with Gasteiger partial charge in [-0.05, 0) is 55.7 Å². The van der Waals surface area contributed by atoms with Crippen molar-refractivity contribution in [2.75, 3.05) is 30.4 Å². The predicted octanol–water partition coefficient (Wildman–Crippen LogP) is 4.71. The molecular weight excluding hydrogens is 499 g/mol. The minimum atomic E-state index is -4.81. The summed E-state index contributed by atoms with van der Waals surface area (Å²) in [5.74, 6) is 1.47. The van der Waals surface area contributed by atoms with Crippen LogP contribution in [0.1, 0.15) is 32.1 Å². The number of hydrogen-bond acceptors (Lipinski definition) is 8. The summed E-state index contributed by atoms with van der Waals surface area (Å²) in [6.45, 7) is 1.62. The molecule has 0 aromatic carbocycles. The van der Waals surface area contributed by atoms with Crippen LogP contribution in [0.25, 0.3) is 11.4 Å². The lowest BCUT2D eigenvalue weighted by molar-refractivity contribution is -0.274. The van der Waals surface area contributed by atoms with Crippen molar-refractivity contribution in [3.8, 4) is 17.1 Å². The van der Waals surface area contributed by atoms with E-state index in [1.807, 2.05) is 6.07 Å². The summed E-state index contributed by atoms with van der Waals surface area (Å²) in [4.78, 5) is 32.0. The highest BCUT2D eigenvalue weighted by molar-refractivity contribution is 5.78. The summed E-state index contributed by atoms with van der Waals surface area (Å²) in [7, 11) is 1.68. The Morgan fingerprint density at radius 2 is 1.92 bits per heavy atom. The van der Waals surface area contributed by atoms with Crippen LogP contribution < -0.4 is 20.3 Å². The number of ether oxygens (including phenoxy) is 1. The van der Waals surface area contributed by atoms with Crippen LogP contribution in [0, 0.1) is 11.3 Å². The van der Waals surface area contributed by atoms with Gasteiger partial charge in [-0.2, -0.15) is 0 Å². The summed E-state index contributed by atoms with van der Waals surface area (Å²) < 4.78 is 42.1. The van der Waals surface area contributed by atoms with Crippen molar-refractivity contribution in [2.24, 2.45) is 11.3 Å². The molecule has 9 nitrogen and oxygen atoms in total. The van der Waals surface area contributed by atoms with E-state index < -0.39 is 6.36 Å². The lowest BCUT2D eigenvalue weighted by atomic mass is 9.70. The van der Waals surface area contributed by atoms with Crippen molar-refractivity contribution in [1.29, 1.82) is 0 Å². The van der Waals surface area contributed by atoms with Gasteiger partial charge in [0.1, 0.15) is 23.2 Å². The van der Waals surface area contributed by atoms with Crippen LogP contribution in [0.4, 0.5) is 30.6 Å². The maximum Gasteiger partial charge on any atom is 0.573 e. The number of carbonyl (C=O) groups excluding carboxylic acids is 1. The van der Waals surface area contributed by atoms with E-state index in [0.717, 1.165) is 57.3 Å². The van der Waals surface area contributed by atoms with Crippen molar-refractivity contribution in [1.82, 2.24) is 25.3 Å². The first-order chi connectivity index (χ1) is 18.2. The Hall–Kier alpha value is -3.96. The number of anilines is 3. The Bertz CT molecular complexity index is 1280. The number of alkyl halides is 3. The van der Waals surface area contributed by atoms with Gasteiger partial charge < -0.3 is 20.3 Å². The van der Waals surface area contributed by atoms with Crippen LogP contribution in [-0.2, 0) is 4.79 Å². The van der Waals surface area contributed by atoms with Gasteiger partial charge in [-0.15, -0.1) is 13.2 Å². The zero-order valence-electron chi connectivity index (χ0n) is 20.8. The number of rotatable bonds is 6. The standard InChI is InChI=1S/C26H28F3N7O2/c1-30-24(37)17-4-7-25(8-5-17)9-12-36(16-25)22-14-21(34-23(35-22)18-3-2-10-31-15-18)33-20-13-19(6-11-32-20)38-26(27,28)29/h2-3,6,10-11,13-15,17H,4-5,7-9,12,16H2,1H3,(H,30,37)(H,32,33,34,35). The van der Waals surface area contributed by atoms with Crippen LogP contribution in [0.2, 0.25) is 0 Å². The Morgan fingerprint density at radius 3 is 2.63 bits per heavy atom. The predicted molar refractivity (Wildman–Crippen MR) is 135 cm³/mol. The molecule has 200 valence electrons. The third-order valence-electron chi connectivity index (χ3n) is 7.28. The fourth-order valence-electron chi connectivity index (χ4n) is 5.33. The summed E-state index contributed by atoms with van der Waals surface area (Å²) in [6.07, 6.45) is 4.42. The van der Waals surface area contributed by atoms with Gasteiger partial charge in [0.2, 0.25) is 5.91 Å². The molecule has 1 saturated carbocycles. The minimum Gasteiger partial charge on any atom is -0.406 e. The third kappa shape index (κ3) is 5.95. The normalized spacial score (nSPS) is 21.4. The highest BCUT2D eigenvalue weighted by atomic mass is 19.4. The topological polar surface area (TPSA) is 105 Å². The molecule has 1 saturated heterocycles. The maximum absolute atomic E-state index is 12.7. The van der Waals surface area contributed by atoms with Crippen LogP contribution in [0.3, 0.4) is 0 Å². The van der Waals surface area contributed by atoms with Crippen LogP contribution in [0.15, 0.2) is 48.9 Å². The van der Waals surface area contributed by atoms with Crippen molar-refractivity contribution in [3.63, 3.8) is 0 Å². The first kappa shape index (κ1) is 25.7. The second-order valence-electron chi connectivity index (χ2n) is 9.79. The molecule has 1 aliphatic carbocycles. The van der Waals surface area contributed by atoms with E-state index in [-0.39, 0.29) is 28.8 Å². The number of aromatic nitrogens is 4. The van der Waals surface area contributed by atoms with Crippen molar-refractivity contribution in [3.05, 3.63) is 48.9 Å². The Morgan fingerprint density at radius 1 is 1.11 bits per heavy atom. The van der Waals surface area contributed by atoms with Crippen LogP contribution in [-0.4, -0.2) is 52.3 Å². The first-order valence-electron chi connectivity index (χ1n) is 12.5. The van der Waals surface area contributed by atoms with Gasteiger partial charge in [-0.25, -0.2) is 15.0 Å². The molecule has 2 aliphatic rings. The molecule has 1 aliphatic heterocycles. The molecular formula is C26H28F3N7O2. The van der Waals surface area contributed by atoms with Crippen molar-refractivity contribution >= 4 is 23.4 Å². The molecule has 5 rings (SSSR count). The van der Waals surface area contributed by atoms with E-state index in [2.05, 4.69) is 35.2 Å². The van der Waals surface area contributed by atoms with E-state index in [4.69, 9.17) is 4.98 Å². The minimum absolute atomic E-state index is 0.0660. The van der Waals surface area contributed by atoms with Crippen molar-refractivity contribution < 1.29 is 22.7 Å². The van der Waals surface area contributed by atoms with Gasteiger partial charge >= 0.3 is 6.36 Å². The molecule has 1 amide bonds. The number of nitrogens with zero attached hydrogens (tertiary/aromatic N) is 5. The van der Waals surface area contributed by atoms with E-state index in [1.54, 1.807) is 31.6 Å². The first-order valence-corrected chi connectivity index (χ1v) is 12.5. The van der Waals surface area contributed by atoms with Gasteiger partial charge in [0.25, 0.3) is 0 Å². The molecule has 38 heavy (non-hydrogen) atoms. The highest BCUT2D eigenvalue weighted by Crippen LogP contribution is 2.46. The number of carbonyl (C=O) groups is 1. The van der Waals surface area contributed by atoms with Gasteiger partial charge in [0.05, 0.1) is 0 Å². The van der Waals surface area contributed by atoms with Gasteiger partial charge in [0.15, 0.2) is 5.82 Å². The van der Waals surface area contributed by atoms with E-state index in [9.17, 15) is 18.0 Å². The Balaban J connectivity index is 1.39. The smallest absolute Gasteiger partial charge is 0.406 e. The molecule has 12 heteroatoms. The van der Waals surface area contributed by atoms with Gasteiger partial charge in [0, 0.05) is 62.3 Å². The third-order valence-corrected chi connectivity index (χ3v) is 7.28. The SMILES string of the molecule is CNC(=O)C1CCC2(CC1)CCN(c1cc(Nc3cc(OC(F)(F)F)ccn3)nc(-c3cccnc3)n1)C2. The van der Waals surface area contributed by atoms with E-state index in [1.165, 1.54) is 6.20 Å². The fraction of sp³-hybridized carbons (Fsp3) is 0.423. The molecule has 0 bridgehead atoms. The number of pyridine rings is 2. The van der Waals surface area contributed by atoms with E-state index in [0.29, 0.717) is 23.0 Å². The molecule has 2 N–H and O–H groups in total. The Kier molecular flexibility index (Phi) is 7.04. The second-order valence-corrected chi connectivity index (χ2v) is 9.79. The van der Waals surface area contributed by atoms with Crippen LogP contribution >= 0.6 is 0 Å². The van der Waals surface area contributed by atoms with Gasteiger partial charge in [-0.3, -0.25) is 9.78 Å². The number of nitrogens with one attached hydrogen (secondary N) is 2. The lowest BCUT2D eigenvalue weighted by Crippen LogP contribution is -2.36. The Labute approximate surface area is 217 Å². The van der Waals surface area contributed by atoms with Crippen LogP contribution in [0.5, 0.6) is 5.75 Å². The average molecular weight is 528 g/mol. The molecule has 4 heterocycles.